The standard InChI is InChI=1S/C53H58N2/c1-9-17-50-46(13-5)47(14-6)51(18-10-2)54(50)44-33-29-42(30-34-44)40-25-21-38(22-26-40)37-39-23-27-41(28-24-39)43-31-35-45(36-32-43)55-52(19-11-3)48(15-7)49(16-8)53(55)20-12-4/h9-12,17-36H,13-16,37H2,1-8H3/b17-9-,18-10-,19-11-,20-12-. The minimum absolute atomic E-state index is 0.904. The second-order valence-corrected chi connectivity index (χ2v) is 14.2. The third-order valence-corrected chi connectivity index (χ3v) is 10.9. The molecule has 55 heavy (non-hydrogen) atoms. The van der Waals surface area contributed by atoms with Crippen LogP contribution in [0.5, 0.6) is 0 Å². The second-order valence-electron chi connectivity index (χ2n) is 14.2. The predicted molar refractivity (Wildman–Crippen MR) is 242 cm³/mol. The minimum atomic E-state index is 0.904. The van der Waals surface area contributed by atoms with Crippen LogP contribution in [0.4, 0.5) is 0 Å². The van der Waals surface area contributed by atoms with Gasteiger partial charge in [0.05, 0.1) is 0 Å². The van der Waals surface area contributed by atoms with Crippen LogP contribution in [0.2, 0.25) is 0 Å². The van der Waals surface area contributed by atoms with Gasteiger partial charge in [-0.15, -0.1) is 0 Å². The Kier molecular flexibility index (Phi) is 12.9. The number of benzene rings is 4. The first-order valence-electron chi connectivity index (χ1n) is 20.4. The average Bonchev–Trinajstić information content (AvgIpc) is 3.69. The van der Waals surface area contributed by atoms with Crippen molar-refractivity contribution in [3.05, 3.63) is 178 Å². The first kappa shape index (κ1) is 39.1. The molecule has 0 radical (unpaired) electrons. The van der Waals surface area contributed by atoms with E-state index in [2.05, 4.69) is 210 Å². The van der Waals surface area contributed by atoms with Crippen molar-refractivity contribution in [1.82, 2.24) is 9.13 Å². The van der Waals surface area contributed by atoms with E-state index in [1.165, 1.54) is 89.8 Å². The van der Waals surface area contributed by atoms with Gasteiger partial charge < -0.3 is 9.13 Å². The van der Waals surface area contributed by atoms with E-state index in [9.17, 15) is 0 Å². The summed E-state index contributed by atoms with van der Waals surface area (Å²) >= 11 is 0. The molecule has 0 fully saturated rings. The Morgan fingerprint density at radius 1 is 0.345 bits per heavy atom. The molecule has 2 heterocycles. The van der Waals surface area contributed by atoms with Gasteiger partial charge in [-0.2, -0.15) is 0 Å². The summed E-state index contributed by atoms with van der Waals surface area (Å²) in [4.78, 5) is 0. The summed E-state index contributed by atoms with van der Waals surface area (Å²) < 4.78 is 4.86. The summed E-state index contributed by atoms with van der Waals surface area (Å²) in [6.45, 7) is 17.5. The Bertz CT molecular complexity index is 2070. The molecule has 6 rings (SSSR count). The number of rotatable bonds is 14. The van der Waals surface area contributed by atoms with E-state index < -0.39 is 0 Å². The summed E-state index contributed by atoms with van der Waals surface area (Å²) in [5.74, 6) is 0. The van der Waals surface area contributed by atoms with Gasteiger partial charge in [0.15, 0.2) is 0 Å². The van der Waals surface area contributed by atoms with Crippen LogP contribution >= 0.6 is 0 Å². The molecular formula is C53H58N2. The molecule has 4 aromatic carbocycles. The highest BCUT2D eigenvalue weighted by molar-refractivity contribution is 5.71. The SMILES string of the molecule is C/C=C\c1c(CC)c(CC)c(/C=C\C)n1-c1ccc(-c2ccc(Cc3ccc(-c4ccc(-n5c(/C=C\C)c(CC)c(CC)c5/C=C\C)cc4)cc3)cc2)cc1. The maximum atomic E-state index is 2.43. The average molecular weight is 723 g/mol. The summed E-state index contributed by atoms with van der Waals surface area (Å²) in [6, 6.07) is 36.3. The zero-order valence-electron chi connectivity index (χ0n) is 34.3. The number of hydrogen-bond donors (Lipinski definition) is 0. The Balaban J connectivity index is 1.18. The molecule has 0 N–H and O–H groups in total. The van der Waals surface area contributed by atoms with E-state index in [0.717, 1.165) is 32.1 Å². The molecule has 2 aromatic heterocycles. The molecule has 0 atom stereocenters. The van der Waals surface area contributed by atoms with Crippen LogP contribution in [0.1, 0.15) is 112 Å². The van der Waals surface area contributed by atoms with Gasteiger partial charge in [0, 0.05) is 34.2 Å². The molecule has 0 aliphatic rings. The predicted octanol–water partition coefficient (Wildman–Crippen LogP) is 14.6. The summed E-state index contributed by atoms with van der Waals surface area (Å²) in [5, 5.41) is 0. The molecule has 0 saturated heterocycles. The molecule has 0 saturated carbocycles. The number of nitrogens with zero attached hydrogens (tertiary/aromatic N) is 2. The highest BCUT2D eigenvalue weighted by atomic mass is 15.0. The fourth-order valence-electron chi connectivity index (χ4n) is 8.36. The van der Waals surface area contributed by atoms with Gasteiger partial charge in [0.2, 0.25) is 0 Å². The van der Waals surface area contributed by atoms with Crippen LogP contribution in [-0.4, -0.2) is 9.13 Å². The fourth-order valence-corrected chi connectivity index (χ4v) is 8.36. The quantitative estimate of drug-likeness (QED) is 0.106. The molecule has 0 amide bonds. The molecule has 0 aliphatic heterocycles. The van der Waals surface area contributed by atoms with Crippen molar-refractivity contribution in [1.29, 1.82) is 0 Å². The molecule has 0 spiro atoms. The third-order valence-electron chi connectivity index (χ3n) is 10.9. The second kappa shape index (κ2) is 18.2. The number of hydrogen-bond acceptors (Lipinski definition) is 0. The maximum Gasteiger partial charge on any atom is 0.0493 e. The molecule has 0 bridgehead atoms. The van der Waals surface area contributed by atoms with E-state index in [1.54, 1.807) is 0 Å². The van der Waals surface area contributed by atoms with Crippen molar-refractivity contribution in [3.8, 4) is 33.6 Å². The molecular weight excluding hydrogens is 665 g/mol. The summed E-state index contributed by atoms with van der Waals surface area (Å²) in [7, 11) is 0. The van der Waals surface area contributed by atoms with Crippen LogP contribution in [0.25, 0.3) is 57.9 Å². The van der Waals surface area contributed by atoms with Crippen molar-refractivity contribution < 1.29 is 0 Å². The van der Waals surface area contributed by atoms with Gasteiger partial charge in [-0.3, -0.25) is 0 Å². The maximum absolute atomic E-state index is 2.43. The fraction of sp³-hybridized carbons (Fsp3) is 0.245. The lowest BCUT2D eigenvalue weighted by atomic mass is 9.98. The topological polar surface area (TPSA) is 9.86 Å². The summed E-state index contributed by atoms with van der Waals surface area (Å²) in [5.41, 5.74) is 20.9. The molecule has 2 heteroatoms. The third kappa shape index (κ3) is 7.96. The zero-order valence-corrected chi connectivity index (χ0v) is 34.3. The minimum Gasteiger partial charge on any atom is -0.310 e. The molecule has 0 unspecified atom stereocenters. The highest BCUT2D eigenvalue weighted by Crippen LogP contribution is 2.34. The summed E-state index contributed by atoms with van der Waals surface area (Å²) in [6.07, 6.45) is 22.7. The van der Waals surface area contributed by atoms with Gasteiger partial charge in [0.1, 0.15) is 0 Å². The van der Waals surface area contributed by atoms with E-state index in [-0.39, 0.29) is 0 Å². The first-order valence-corrected chi connectivity index (χ1v) is 20.4. The Hall–Kier alpha value is -5.60. The molecule has 2 nitrogen and oxygen atoms in total. The van der Waals surface area contributed by atoms with Gasteiger partial charge in [-0.1, -0.05) is 125 Å². The van der Waals surface area contributed by atoms with E-state index in [1.807, 2.05) is 0 Å². The monoisotopic (exact) mass is 722 g/mol. The molecule has 280 valence electrons. The van der Waals surface area contributed by atoms with Crippen molar-refractivity contribution in [2.24, 2.45) is 0 Å². The lowest BCUT2D eigenvalue weighted by Gasteiger charge is -2.13. The highest BCUT2D eigenvalue weighted by Gasteiger charge is 2.20. The van der Waals surface area contributed by atoms with E-state index in [4.69, 9.17) is 0 Å². The van der Waals surface area contributed by atoms with E-state index >= 15 is 0 Å². The Labute approximate surface area is 330 Å². The molecule has 0 aliphatic carbocycles. The van der Waals surface area contributed by atoms with Crippen molar-refractivity contribution in [2.45, 2.75) is 87.5 Å². The smallest absolute Gasteiger partial charge is 0.0493 e. The normalized spacial score (nSPS) is 12.1. The van der Waals surface area contributed by atoms with Crippen LogP contribution in [0.3, 0.4) is 0 Å². The number of allylic oxidation sites excluding steroid dienone is 4. The van der Waals surface area contributed by atoms with Crippen LogP contribution < -0.4 is 0 Å². The van der Waals surface area contributed by atoms with Gasteiger partial charge in [-0.25, -0.2) is 0 Å². The van der Waals surface area contributed by atoms with Crippen LogP contribution in [0.15, 0.2) is 121 Å². The first-order chi connectivity index (χ1) is 26.9. The van der Waals surface area contributed by atoms with Gasteiger partial charge in [-0.05, 0) is 164 Å². The van der Waals surface area contributed by atoms with Crippen molar-refractivity contribution in [2.75, 3.05) is 0 Å². The molecule has 6 aromatic rings. The van der Waals surface area contributed by atoms with Crippen LogP contribution in [0, 0.1) is 0 Å². The van der Waals surface area contributed by atoms with Gasteiger partial charge in [0.25, 0.3) is 0 Å². The number of aromatic nitrogens is 2. The largest absolute Gasteiger partial charge is 0.310 e. The van der Waals surface area contributed by atoms with Gasteiger partial charge >= 0.3 is 0 Å². The van der Waals surface area contributed by atoms with E-state index in [0.29, 0.717) is 0 Å². The lowest BCUT2D eigenvalue weighted by molar-refractivity contribution is 1.02. The lowest BCUT2D eigenvalue weighted by Crippen LogP contribution is -2.00. The Morgan fingerprint density at radius 2 is 0.582 bits per heavy atom. The van der Waals surface area contributed by atoms with Crippen molar-refractivity contribution in [3.63, 3.8) is 0 Å². The van der Waals surface area contributed by atoms with Crippen LogP contribution in [-0.2, 0) is 32.1 Å². The van der Waals surface area contributed by atoms with Crippen molar-refractivity contribution >= 4 is 24.3 Å². The zero-order chi connectivity index (χ0) is 38.9. The Morgan fingerprint density at radius 3 is 0.800 bits per heavy atom.